The summed E-state index contributed by atoms with van der Waals surface area (Å²) in [5.74, 6) is -0.663. The Labute approximate surface area is 176 Å². The van der Waals surface area contributed by atoms with Crippen LogP contribution in [0.5, 0.6) is 0 Å². The Morgan fingerprint density at radius 1 is 1.10 bits per heavy atom. The minimum absolute atomic E-state index is 0.164. The van der Waals surface area contributed by atoms with Crippen molar-refractivity contribution in [3.8, 4) is 0 Å². The summed E-state index contributed by atoms with van der Waals surface area (Å²) in [6.07, 6.45) is 5.05. The molecule has 8 heteroatoms. The van der Waals surface area contributed by atoms with Crippen molar-refractivity contribution in [1.29, 1.82) is 0 Å². The van der Waals surface area contributed by atoms with Crippen molar-refractivity contribution in [2.45, 2.75) is 6.54 Å². The molecule has 4 rings (SSSR count). The quantitative estimate of drug-likeness (QED) is 0.256. The van der Waals surface area contributed by atoms with E-state index in [9.17, 15) is 4.79 Å². The van der Waals surface area contributed by atoms with Gasteiger partial charge in [0.15, 0.2) is 5.69 Å². The molecule has 29 heavy (non-hydrogen) atoms. The van der Waals surface area contributed by atoms with Gasteiger partial charge in [-0.1, -0.05) is 52.6 Å². The lowest BCUT2D eigenvalue weighted by atomic mass is 10.1. The lowest BCUT2D eigenvalue weighted by Crippen LogP contribution is -2.14. The number of halogens is 2. The number of aromatic nitrogens is 3. The van der Waals surface area contributed by atoms with Gasteiger partial charge in [-0.25, -0.2) is 14.8 Å². The molecule has 2 aromatic carbocycles. The van der Waals surface area contributed by atoms with Crippen LogP contribution in [0.15, 0.2) is 78.5 Å². The van der Waals surface area contributed by atoms with Crippen molar-refractivity contribution in [3.63, 3.8) is 0 Å². The summed E-state index contributed by atoms with van der Waals surface area (Å²) in [5, 5.41) is 5.90. The summed E-state index contributed by atoms with van der Waals surface area (Å²) < 4.78 is 1.78. The number of hydrogen-bond donors (Lipinski definition) is 0. The van der Waals surface area contributed by atoms with E-state index >= 15 is 0 Å². The van der Waals surface area contributed by atoms with Gasteiger partial charge in [-0.3, -0.25) is 0 Å². The molecule has 0 aliphatic heterocycles. The number of benzene rings is 2. The number of pyridine rings is 1. The molecule has 2 aromatic heterocycles. The van der Waals surface area contributed by atoms with Gasteiger partial charge >= 0.3 is 5.97 Å². The van der Waals surface area contributed by atoms with Crippen molar-refractivity contribution in [3.05, 3.63) is 94.6 Å². The van der Waals surface area contributed by atoms with Crippen LogP contribution in [-0.2, 0) is 11.4 Å². The molecule has 144 valence electrons. The van der Waals surface area contributed by atoms with Gasteiger partial charge in [-0.05, 0) is 30.3 Å². The fourth-order valence-corrected chi connectivity index (χ4v) is 3.28. The van der Waals surface area contributed by atoms with Crippen LogP contribution in [0.1, 0.15) is 16.1 Å². The molecule has 0 radical (unpaired) electrons. The Morgan fingerprint density at radius 3 is 2.76 bits per heavy atom. The molecule has 0 N–H and O–H groups in total. The average Bonchev–Trinajstić information content (AvgIpc) is 3.24. The van der Waals surface area contributed by atoms with Crippen LogP contribution in [0.25, 0.3) is 10.9 Å². The summed E-state index contributed by atoms with van der Waals surface area (Å²) in [6, 6.07) is 15.9. The highest BCUT2D eigenvalue weighted by Crippen LogP contribution is 2.22. The fraction of sp³-hybridized carbons (Fsp3) is 0.0476. The number of para-hydroxylation sites is 1. The molecule has 0 aliphatic carbocycles. The zero-order valence-electron chi connectivity index (χ0n) is 15.0. The van der Waals surface area contributed by atoms with Crippen LogP contribution >= 0.6 is 23.2 Å². The molecule has 6 nitrogen and oxygen atoms in total. The first-order valence-electron chi connectivity index (χ1n) is 8.65. The van der Waals surface area contributed by atoms with E-state index in [1.165, 1.54) is 0 Å². The maximum atomic E-state index is 12.5. The van der Waals surface area contributed by atoms with Crippen molar-refractivity contribution in [1.82, 2.24) is 14.5 Å². The third-order valence-corrected chi connectivity index (χ3v) is 4.73. The molecule has 0 aliphatic rings. The molecule has 2 heterocycles. The number of carbonyl (C=O) groups is 1. The minimum Gasteiger partial charge on any atom is -0.331 e. The van der Waals surface area contributed by atoms with E-state index in [2.05, 4.69) is 15.1 Å². The van der Waals surface area contributed by atoms with Gasteiger partial charge < -0.3 is 9.40 Å². The van der Waals surface area contributed by atoms with Crippen molar-refractivity contribution < 1.29 is 9.63 Å². The normalized spacial score (nSPS) is 11.6. The second-order valence-corrected chi connectivity index (χ2v) is 7.01. The Morgan fingerprint density at radius 2 is 1.97 bits per heavy atom. The molecule has 0 bridgehead atoms. The fourth-order valence-electron chi connectivity index (χ4n) is 2.76. The maximum Gasteiger partial charge on any atom is 0.383 e. The van der Waals surface area contributed by atoms with Gasteiger partial charge in [-0.2, -0.15) is 0 Å². The van der Waals surface area contributed by atoms with E-state index in [4.69, 9.17) is 28.0 Å². The number of oxime groups is 1. The second-order valence-electron chi connectivity index (χ2n) is 6.17. The van der Waals surface area contributed by atoms with E-state index in [1.54, 1.807) is 47.6 Å². The number of rotatable bonds is 5. The number of hydrogen-bond acceptors (Lipinski definition) is 5. The highest BCUT2D eigenvalue weighted by atomic mass is 35.5. The zero-order chi connectivity index (χ0) is 20.2. The summed E-state index contributed by atoms with van der Waals surface area (Å²) in [7, 11) is 0. The Hall–Kier alpha value is -3.22. The van der Waals surface area contributed by atoms with Gasteiger partial charge in [0.2, 0.25) is 0 Å². The summed E-state index contributed by atoms with van der Waals surface area (Å²) in [4.78, 5) is 26.0. The monoisotopic (exact) mass is 424 g/mol. The van der Waals surface area contributed by atoms with Crippen molar-refractivity contribution in [2.75, 3.05) is 0 Å². The van der Waals surface area contributed by atoms with Crippen LogP contribution < -0.4 is 0 Å². The van der Waals surface area contributed by atoms with Crippen LogP contribution in [0, 0.1) is 0 Å². The smallest absolute Gasteiger partial charge is 0.331 e. The Kier molecular flexibility index (Phi) is 5.55. The van der Waals surface area contributed by atoms with E-state index in [-0.39, 0.29) is 5.69 Å². The highest BCUT2D eigenvalue weighted by Gasteiger charge is 2.14. The van der Waals surface area contributed by atoms with Crippen molar-refractivity contribution in [2.24, 2.45) is 5.16 Å². The summed E-state index contributed by atoms with van der Waals surface area (Å²) in [6.45, 7) is 0.305. The molecule has 0 fully saturated rings. The van der Waals surface area contributed by atoms with Crippen LogP contribution in [0.3, 0.4) is 0 Å². The number of imidazole rings is 1. The molecule has 0 saturated carbocycles. The lowest BCUT2D eigenvalue weighted by Gasteiger charge is -2.09. The van der Waals surface area contributed by atoms with Gasteiger partial charge in [0.05, 0.1) is 23.4 Å². The lowest BCUT2D eigenvalue weighted by molar-refractivity contribution is 0.0509. The second kappa shape index (κ2) is 8.43. The van der Waals surface area contributed by atoms with Gasteiger partial charge in [0.1, 0.15) is 5.71 Å². The maximum absolute atomic E-state index is 12.5. The molecule has 0 amide bonds. The molecule has 0 unspecified atom stereocenters. The predicted octanol–water partition coefficient (Wildman–Crippen LogP) is 5.00. The SMILES string of the molecule is O=C(O/N=C(\Cn1ccnc1)c1ccc(Cl)cc1Cl)c1ccc2ccccc2n1. The Balaban J connectivity index is 1.63. The van der Waals surface area contributed by atoms with E-state index in [0.29, 0.717) is 33.4 Å². The first-order chi connectivity index (χ1) is 14.1. The van der Waals surface area contributed by atoms with Gasteiger partial charge in [-0.15, -0.1) is 0 Å². The number of fused-ring (bicyclic) bond motifs is 1. The molecule has 4 aromatic rings. The van der Waals surface area contributed by atoms with Crippen LogP contribution in [0.2, 0.25) is 10.0 Å². The van der Waals surface area contributed by atoms with Crippen LogP contribution in [-0.4, -0.2) is 26.2 Å². The first kappa shape index (κ1) is 19.1. The summed E-state index contributed by atoms with van der Waals surface area (Å²) >= 11 is 12.3. The molecule has 0 spiro atoms. The largest absolute Gasteiger partial charge is 0.383 e. The van der Waals surface area contributed by atoms with Crippen molar-refractivity contribution >= 4 is 45.8 Å². The average molecular weight is 425 g/mol. The molecular weight excluding hydrogens is 411 g/mol. The standard InChI is InChI=1S/C21H14Cl2N4O2/c22-15-6-7-16(17(23)11-15)20(12-27-10-9-24-13-27)26-29-21(28)19-8-5-14-3-1-2-4-18(14)25-19/h1-11,13H,12H2/b26-20+. The van der Waals surface area contributed by atoms with E-state index in [0.717, 1.165) is 5.39 Å². The van der Waals surface area contributed by atoms with Gasteiger partial charge in [0, 0.05) is 28.4 Å². The molecular formula is C21H14Cl2N4O2. The minimum atomic E-state index is -0.663. The van der Waals surface area contributed by atoms with Gasteiger partial charge in [0.25, 0.3) is 0 Å². The van der Waals surface area contributed by atoms with Crippen LogP contribution in [0.4, 0.5) is 0 Å². The first-order valence-corrected chi connectivity index (χ1v) is 9.41. The third-order valence-electron chi connectivity index (χ3n) is 4.18. The topological polar surface area (TPSA) is 69.4 Å². The molecule has 0 atom stereocenters. The van der Waals surface area contributed by atoms with E-state index in [1.807, 2.05) is 30.3 Å². The Bertz CT molecular complexity index is 1210. The third kappa shape index (κ3) is 4.45. The predicted molar refractivity (Wildman–Crippen MR) is 112 cm³/mol. The number of carbonyl (C=O) groups excluding carboxylic acids is 1. The summed E-state index contributed by atoms with van der Waals surface area (Å²) in [5.41, 5.74) is 1.91. The highest BCUT2D eigenvalue weighted by molar-refractivity contribution is 6.37. The number of nitrogens with zero attached hydrogens (tertiary/aromatic N) is 4. The van der Waals surface area contributed by atoms with E-state index < -0.39 is 5.97 Å². The zero-order valence-corrected chi connectivity index (χ0v) is 16.5. The molecule has 0 saturated heterocycles.